The van der Waals surface area contributed by atoms with Gasteiger partial charge in [0.05, 0.1) is 7.11 Å². The Balaban J connectivity index is 0.00000484. The fourth-order valence-corrected chi connectivity index (χ4v) is 2.40. The maximum atomic E-state index is 12.3. The molecule has 0 aromatic heterocycles. The molecule has 3 N–H and O–H groups in total. The average molecular weight is 345 g/mol. The number of ether oxygens (including phenoxy) is 2. The van der Waals surface area contributed by atoms with Gasteiger partial charge in [-0.05, 0) is 50.5 Å². The van der Waals surface area contributed by atoms with E-state index in [1.165, 1.54) is 0 Å². The van der Waals surface area contributed by atoms with E-state index < -0.39 is 11.6 Å². The van der Waals surface area contributed by atoms with Gasteiger partial charge in [-0.1, -0.05) is 13.8 Å². The van der Waals surface area contributed by atoms with Gasteiger partial charge >= 0.3 is 0 Å². The van der Waals surface area contributed by atoms with Crippen LogP contribution in [0.5, 0.6) is 11.5 Å². The molecule has 132 valence electrons. The summed E-state index contributed by atoms with van der Waals surface area (Å²) in [6.07, 6.45) is 0.233. The summed E-state index contributed by atoms with van der Waals surface area (Å²) >= 11 is 0. The van der Waals surface area contributed by atoms with Gasteiger partial charge in [-0.2, -0.15) is 0 Å². The van der Waals surface area contributed by atoms with Gasteiger partial charge in [0.2, 0.25) is 0 Å². The lowest BCUT2D eigenvalue weighted by molar-refractivity contribution is -0.129. The van der Waals surface area contributed by atoms with Crippen LogP contribution in [0.3, 0.4) is 0 Å². The zero-order chi connectivity index (χ0) is 16.8. The Morgan fingerprint density at radius 3 is 2.17 bits per heavy atom. The van der Waals surface area contributed by atoms with Crippen LogP contribution in [0.25, 0.3) is 0 Å². The summed E-state index contributed by atoms with van der Waals surface area (Å²) in [7, 11) is 1.61. The first-order valence-corrected chi connectivity index (χ1v) is 7.62. The highest BCUT2D eigenvalue weighted by molar-refractivity contribution is 5.85. The Labute approximate surface area is 145 Å². The molecule has 0 aliphatic heterocycles. The second-order valence-corrected chi connectivity index (χ2v) is 6.29. The Kier molecular flexibility index (Phi) is 9.02. The van der Waals surface area contributed by atoms with Crippen molar-refractivity contribution in [2.45, 2.75) is 45.8 Å². The number of benzene rings is 1. The molecule has 0 heterocycles. The van der Waals surface area contributed by atoms with Crippen LogP contribution in [-0.4, -0.2) is 31.2 Å². The van der Waals surface area contributed by atoms with E-state index in [0.717, 1.165) is 12.2 Å². The SMILES string of the molecule is COc1ccc(OC(C)C(=O)NC(C)(CN)CC(C)C)cc1.Cl. The molecule has 0 radical (unpaired) electrons. The minimum absolute atomic E-state index is 0. The fourth-order valence-electron chi connectivity index (χ4n) is 2.40. The summed E-state index contributed by atoms with van der Waals surface area (Å²) in [5.41, 5.74) is 5.40. The van der Waals surface area contributed by atoms with Gasteiger partial charge in [-0.25, -0.2) is 0 Å². The van der Waals surface area contributed by atoms with E-state index in [9.17, 15) is 4.79 Å². The Morgan fingerprint density at radius 1 is 1.22 bits per heavy atom. The minimum atomic E-state index is -0.591. The number of carbonyl (C=O) groups is 1. The van der Waals surface area contributed by atoms with Crippen molar-refractivity contribution in [3.63, 3.8) is 0 Å². The number of nitrogens with two attached hydrogens (primary N) is 1. The van der Waals surface area contributed by atoms with Gasteiger partial charge in [0.15, 0.2) is 6.10 Å². The molecule has 0 saturated heterocycles. The van der Waals surface area contributed by atoms with Gasteiger partial charge in [0, 0.05) is 12.1 Å². The van der Waals surface area contributed by atoms with E-state index in [0.29, 0.717) is 18.2 Å². The number of nitrogens with one attached hydrogen (secondary N) is 1. The van der Waals surface area contributed by atoms with Crippen LogP contribution in [0.2, 0.25) is 0 Å². The number of hydrogen-bond acceptors (Lipinski definition) is 4. The normalized spacial score (nSPS) is 14.4. The molecule has 1 amide bonds. The highest BCUT2D eigenvalue weighted by Gasteiger charge is 2.28. The quantitative estimate of drug-likeness (QED) is 0.760. The molecule has 2 unspecified atom stereocenters. The van der Waals surface area contributed by atoms with Crippen LogP contribution < -0.4 is 20.5 Å². The summed E-state index contributed by atoms with van der Waals surface area (Å²) in [6, 6.07) is 7.14. The van der Waals surface area contributed by atoms with Crippen LogP contribution in [0.1, 0.15) is 34.1 Å². The van der Waals surface area contributed by atoms with Crippen LogP contribution >= 0.6 is 12.4 Å². The van der Waals surface area contributed by atoms with Crippen molar-refractivity contribution in [3.8, 4) is 11.5 Å². The van der Waals surface area contributed by atoms with Crippen molar-refractivity contribution < 1.29 is 14.3 Å². The van der Waals surface area contributed by atoms with Crippen molar-refractivity contribution in [3.05, 3.63) is 24.3 Å². The predicted molar refractivity (Wildman–Crippen MR) is 95.4 cm³/mol. The van der Waals surface area contributed by atoms with Gasteiger partial charge in [-0.15, -0.1) is 12.4 Å². The molecule has 0 saturated carbocycles. The monoisotopic (exact) mass is 344 g/mol. The average Bonchev–Trinajstić information content (AvgIpc) is 2.47. The number of rotatable bonds is 8. The van der Waals surface area contributed by atoms with Crippen LogP contribution in [0.15, 0.2) is 24.3 Å². The van der Waals surface area contributed by atoms with Gasteiger partial charge in [0.1, 0.15) is 11.5 Å². The lowest BCUT2D eigenvalue weighted by Crippen LogP contribution is -2.55. The highest BCUT2D eigenvalue weighted by atomic mass is 35.5. The lowest BCUT2D eigenvalue weighted by Gasteiger charge is -2.32. The van der Waals surface area contributed by atoms with Crippen LogP contribution in [0, 0.1) is 5.92 Å². The molecule has 23 heavy (non-hydrogen) atoms. The van der Waals surface area contributed by atoms with Crippen molar-refractivity contribution in [2.75, 3.05) is 13.7 Å². The Bertz CT molecular complexity index is 479. The van der Waals surface area contributed by atoms with Gasteiger partial charge in [0.25, 0.3) is 5.91 Å². The van der Waals surface area contributed by atoms with Crippen molar-refractivity contribution in [1.82, 2.24) is 5.32 Å². The molecule has 0 aliphatic rings. The molecule has 0 bridgehead atoms. The third-order valence-electron chi connectivity index (χ3n) is 3.48. The number of halogens is 1. The highest BCUT2D eigenvalue weighted by Crippen LogP contribution is 2.19. The fraction of sp³-hybridized carbons (Fsp3) is 0.588. The Hall–Kier alpha value is -1.46. The third kappa shape index (κ3) is 7.10. The molecular weight excluding hydrogens is 316 g/mol. The molecule has 6 heteroatoms. The third-order valence-corrected chi connectivity index (χ3v) is 3.48. The molecule has 5 nitrogen and oxygen atoms in total. The number of hydrogen-bond donors (Lipinski definition) is 2. The van der Waals surface area contributed by atoms with E-state index in [-0.39, 0.29) is 18.3 Å². The zero-order valence-corrected chi connectivity index (χ0v) is 15.4. The number of methoxy groups -OCH3 is 1. The van der Waals surface area contributed by atoms with Crippen molar-refractivity contribution in [1.29, 1.82) is 0 Å². The first-order valence-electron chi connectivity index (χ1n) is 7.62. The zero-order valence-electron chi connectivity index (χ0n) is 14.6. The molecule has 1 aromatic carbocycles. The number of carbonyl (C=O) groups excluding carboxylic acids is 1. The van der Waals surface area contributed by atoms with E-state index >= 15 is 0 Å². The first-order chi connectivity index (χ1) is 10.3. The molecule has 0 spiro atoms. The maximum Gasteiger partial charge on any atom is 0.261 e. The summed E-state index contributed by atoms with van der Waals surface area (Å²) in [5.74, 6) is 1.66. The van der Waals surface area contributed by atoms with E-state index in [2.05, 4.69) is 19.2 Å². The second kappa shape index (κ2) is 9.63. The lowest BCUT2D eigenvalue weighted by atomic mass is 9.90. The molecule has 0 aliphatic carbocycles. The second-order valence-electron chi connectivity index (χ2n) is 6.29. The summed E-state index contributed by atoms with van der Waals surface area (Å²) in [4.78, 5) is 12.3. The van der Waals surface area contributed by atoms with Crippen molar-refractivity contribution in [2.24, 2.45) is 11.7 Å². The standard InChI is InChI=1S/C17H28N2O3.ClH/c1-12(2)10-17(4,11-18)19-16(20)13(3)22-15-8-6-14(21-5)7-9-15;/h6-9,12-13H,10-11,18H2,1-5H3,(H,19,20);1H. The smallest absolute Gasteiger partial charge is 0.261 e. The maximum absolute atomic E-state index is 12.3. The molecule has 1 aromatic rings. The van der Waals surface area contributed by atoms with Crippen molar-refractivity contribution >= 4 is 18.3 Å². The van der Waals surface area contributed by atoms with E-state index in [4.69, 9.17) is 15.2 Å². The van der Waals surface area contributed by atoms with E-state index in [1.54, 1.807) is 38.3 Å². The first kappa shape index (κ1) is 21.5. The molecule has 2 atom stereocenters. The predicted octanol–water partition coefficient (Wildman–Crippen LogP) is 2.76. The molecular formula is C17H29ClN2O3. The van der Waals surface area contributed by atoms with Gasteiger partial charge in [-0.3, -0.25) is 4.79 Å². The summed E-state index contributed by atoms with van der Waals surface area (Å²) < 4.78 is 10.8. The van der Waals surface area contributed by atoms with E-state index in [1.807, 2.05) is 6.92 Å². The minimum Gasteiger partial charge on any atom is -0.497 e. The summed E-state index contributed by atoms with van der Waals surface area (Å²) in [6.45, 7) is 8.30. The Morgan fingerprint density at radius 2 is 1.74 bits per heavy atom. The number of amides is 1. The topological polar surface area (TPSA) is 73.6 Å². The largest absolute Gasteiger partial charge is 0.497 e. The molecule has 0 fully saturated rings. The van der Waals surface area contributed by atoms with Crippen LogP contribution in [-0.2, 0) is 4.79 Å². The summed E-state index contributed by atoms with van der Waals surface area (Å²) in [5, 5.41) is 3.00. The molecule has 1 rings (SSSR count). The van der Waals surface area contributed by atoms with Gasteiger partial charge < -0.3 is 20.5 Å². The van der Waals surface area contributed by atoms with Crippen LogP contribution in [0.4, 0.5) is 0 Å².